The number of hydrogen-bond donors (Lipinski definition) is 0. The molecule has 1 fully saturated rings. The summed E-state index contributed by atoms with van der Waals surface area (Å²) in [5.41, 5.74) is 0.413. The molecule has 0 aliphatic carbocycles. The van der Waals surface area contributed by atoms with Gasteiger partial charge in [0.1, 0.15) is 5.75 Å². The summed E-state index contributed by atoms with van der Waals surface area (Å²) in [6, 6.07) is 7.88. The third-order valence-corrected chi connectivity index (χ3v) is 4.08. The summed E-state index contributed by atoms with van der Waals surface area (Å²) in [5.74, 6) is 0.861. The zero-order chi connectivity index (χ0) is 14.1. The van der Waals surface area contributed by atoms with Crippen LogP contribution in [-0.4, -0.2) is 30.3 Å². The Morgan fingerprint density at radius 3 is 2.05 bits per heavy atom. The first-order valence-corrected chi connectivity index (χ1v) is 7.62. The molecule has 1 aromatic rings. The van der Waals surface area contributed by atoms with E-state index in [-0.39, 0.29) is 18.3 Å². The minimum Gasteiger partial charge on any atom is -0.493 e. The number of benzene rings is 1. The second kappa shape index (κ2) is 5.47. The van der Waals surface area contributed by atoms with Gasteiger partial charge in [0, 0.05) is 5.33 Å². The highest BCUT2D eigenvalue weighted by atomic mass is 79.9. The van der Waals surface area contributed by atoms with Crippen molar-refractivity contribution in [3.05, 3.63) is 24.3 Å². The Morgan fingerprint density at radius 1 is 1.05 bits per heavy atom. The number of halogens is 1. The molecule has 1 aromatic carbocycles. The van der Waals surface area contributed by atoms with Gasteiger partial charge in [0.2, 0.25) is 0 Å². The number of rotatable bonds is 4. The Kier molecular flexibility index (Phi) is 4.28. The van der Waals surface area contributed by atoms with Crippen molar-refractivity contribution in [3.63, 3.8) is 0 Å². The average molecular weight is 327 g/mol. The molecule has 0 radical (unpaired) electrons. The molecule has 104 valence electrons. The first-order valence-electron chi connectivity index (χ1n) is 6.50. The zero-order valence-corrected chi connectivity index (χ0v) is 13.5. The van der Waals surface area contributed by atoms with Gasteiger partial charge in [-0.1, -0.05) is 28.1 Å². The van der Waals surface area contributed by atoms with E-state index in [0.29, 0.717) is 6.61 Å². The van der Waals surface area contributed by atoms with Crippen LogP contribution in [0.3, 0.4) is 0 Å². The third-order valence-electron chi connectivity index (χ3n) is 3.75. The van der Waals surface area contributed by atoms with E-state index in [1.54, 1.807) is 0 Å². The van der Waals surface area contributed by atoms with Crippen molar-refractivity contribution in [1.29, 1.82) is 0 Å². The monoisotopic (exact) mass is 326 g/mol. The topological polar surface area (TPSA) is 27.7 Å². The predicted molar refractivity (Wildman–Crippen MR) is 81.4 cm³/mol. The van der Waals surface area contributed by atoms with E-state index in [1.807, 2.05) is 24.3 Å². The maximum Gasteiger partial charge on any atom is 0.494 e. The standard InChI is InChI=1S/C14H20BBrO3/c1-13(2)14(3,4)19-15(18-13)11-5-7-12(8-6-11)17-10-9-16/h5-8H,9-10H2,1-4H3. The summed E-state index contributed by atoms with van der Waals surface area (Å²) >= 11 is 3.34. The number of ether oxygens (including phenoxy) is 1. The van der Waals surface area contributed by atoms with Gasteiger partial charge >= 0.3 is 7.12 Å². The zero-order valence-electron chi connectivity index (χ0n) is 11.9. The van der Waals surface area contributed by atoms with Crippen LogP contribution in [0.1, 0.15) is 27.7 Å². The van der Waals surface area contributed by atoms with E-state index < -0.39 is 0 Å². The molecule has 5 heteroatoms. The number of alkyl halides is 1. The van der Waals surface area contributed by atoms with Crippen LogP contribution in [0.4, 0.5) is 0 Å². The molecule has 0 saturated carbocycles. The van der Waals surface area contributed by atoms with Crippen molar-refractivity contribution < 1.29 is 14.0 Å². The van der Waals surface area contributed by atoms with Crippen LogP contribution < -0.4 is 10.2 Å². The fourth-order valence-corrected chi connectivity index (χ4v) is 2.02. The van der Waals surface area contributed by atoms with Crippen LogP contribution in [0, 0.1) is 0 Å². The molecular formula is C14H20BBrO3. The molecular weight excluding hydrogens is 307 g/mol. The minimum atomic E-state index is -0.310. The molecule has 3 nitrogen and oxygen atoms in total. The molecule has 0 unspecified atom stereocenters. The number of hydrogen-bond acceptors (Lipinski definition) is 3. The second-order valence-corrected chi connectivity index (χ2v) is 6.49. The van der Waals surface area contributed by atoms with Crippen LogP contribution in [0.25, 0.3) is 0 Å². The van der Waals surface area contributed by atoms with Crippen LogP contribution in [0.15, 0.2) is 24.3 Å². The molecule has 0 amide bonds. The van der Waals surface area contributed by atoms with Crippen molar-refractivity contribution in [3.8, 4) is 5.75 Å². The van der Waals surface area contributed by atoms with Crippen LogP contribution in [-0.2, 0) is 9.31 Å². The van der Waals surface area contributed by atoms with Crippen molar-refractivity contribution >= 4 is 28.5 Å². The van der Waals surface area contributed by atoms with Gasteiger partial charge in [-0.2, -0.15) is 0 Å². The lowest BCUT2D eigenvalue weighted by Gasteiger charge is -2.32. The van der Waals surface area contributed by atoms with Crippen molar-refractivity contribution in [2.75, 3.05) is 11.9 Å². The summed E-state index contributed by atoms with van der Waals surface area (Å²) in [4.78, 5) is 0. The van der Waals surface area contributed by atoms with Gasteiger partial charge in [-0.05, 0) is 45.3 Å². The quantitative estimate of drug-likeness (QED) is 0.629. The average Bonchev–Trinajstić information content (AvgIpc) is 2.56. The Morgan fingerprint density at radius 2 is 1.58 bits per heavy atom. The highest BCUT2D eigenvalue weighted by molar-refractivity contribution is 9.09. The van der Waals surface area contributed by atoms with Crippen molar-refractivity contribution in [2.24, 2.45) is 0 Å². The van der Waals surface area contributed by atoms with Gasteiger partial charge in [-0.3, -0.25) is 0 Å². The van der Waals surface area contributed by atoms with Crippen molar-refractivity contribution in [1.82, 2.24) is 0 Å². The van der Waals surface area contributed by atoms with Crippen LogP contribution >= 0.6 is 15.9 Å². The Labute approximate surface area is 123 Å². The molecule has 19 heavy (non-hydrogen) atoms. The maximum absolute atomic E-state index is 6.00. The van der Waals surface area contributed by atoms with Gasteiger partial charge in [-0.15, -0.1) is 0 Å². The van der Waals surface area contributed by atoms with E-state index in [4.69, 9.17) is 14.0 Å². The van der Waals surface area contributed by atoms with E-state index >= 15 is 0 Å². The molecule has 1 aliphatic heterocycles. The summed E-state index contributed by atoms with van der Waals surface area (Å²) in [6.07, 6.45) is 0. The smallest absolute Gasteiger partial charge is 0.493 e. The Bertz CT molecular complexity index is 415. The van der Waals surface area contributed by atoms with Gasteiger partial charge < -0.3 is 14.0 Å². The largest absolute Gasteiger partial charge is 0.494 e. The third kappa shape index (κ3) is 3.15. The molecule has 0 atom stereocenters. The summed E-state index contributed by atoms with van der Waals surface area (Å²) in [6.45, 7) is 8.89. The van der Waals surface area contributed by atoms with Crippen LogP contribution in [0.2, 0.25) is 0 Å². The fourth-order valence-electron chi connectivity index (χ4n) is 1.86. The van der Waals surface area contributed by atoms with Gasteiger partial charge in [0.25, 0.3) is 0 Å². The molecule has 0 spiro atoms. The van der Waals surface area contributed by atoms with Crippen molar-refractivity contribution in [2.45, 2.75) is 38.9 Å². The van der Waals surface area contributed by atoms with Gasteiger partial charge in [0.05, 0.1) is 17.8 Å². The highest BCUT2D eigenvalue weighted by Gasteiger charge is 2.51. The first-order chi connectivity index (χ1) is 8.86. The van der Waals surface area contributed by atoms with E-state index in [0.717, 1.165) is 16.5 Å². The van der Waals surface area contributed by atoms with Crippen LogP contribution in [0.5, 0.6) is 5.75 Å². The molecule has 0 N–H and O–H groups in total. The molecule has 1 aliphatic rings. The molecule has 2 rings (SSSR count). The highest BCUT2D eigenvalue weighted by Crippen LogP contribution is 2.36. The van der Waals surface area contributed by atoms with Gasteiger partial charge in [-0.25, -0.2) is 0 Å². The maximum atomic E-state index is 6.00. The lowest BCUT2D eigenvalue weighted by molar-refractivity contribution is 0.00578. The Balaban J connectivity index is 2.08. The SMILES string of the molecule is CC1(C)OB(c2ccc(OCCBr)cc2)OC1(C)C. The second-order valence-electron chi connectivity index (χ2n) is 5.69. The summed E-state index contributed by atoms with van der Waals surface area (Å²) in [7, 11) is -0.310. The molecule has 0 bridgehead atoms. The van der Waals surface area contributed by atoms with Gasteiger partial charge in [0.15, 0.2) is 0 Å². The molecule has 1 saturated heterocycles. The lowest BCUT2D eigenvalue weighted by Crippen LogP contribution is -2.41. The normalized spacial score (nSPS) is 20.6. The minimum absolute atomic E-state index is 0.303. The lowest BCUT2D eigenvalue weighted by atomic mass is 9.79. The van der Waals surface area contributed by atoms with E-state index in [9.17, 15) is 0 Å². The summed E-state index contributed by atoms with van der Waals surface area (Å²) < 4.78 is 17.5. The fraction of sp³-hybridized carbons (Fsp3) is 0.571. The first kappa shape index (κ1) is 14.9. The summed E-state index contributed by atoms with van der Waals surface area (Å²) in [5, 5.41) is 0.825. The van der Waals surface area contributed by atoms with E-state index in [1.165, 1.54) is 0 Å². The molecule has 1 heterocycles. The molecule has 0 aromatic heterocycles. The predicted octanol–water partition coefficient (Wildman–Crippen LogP) is 2.76. The van der Waals surface area contributed by atoms with E-state index in [2.05, 4.69) is 43.6 Å². The Hall–Kier alpha value is -0.515.